The number of benzene rings is 3. The molecule has 27 heavy (non-hydrogen) atoms. The van der Waals surface area contributed by atoms with E-state index in [2.05, 4.69) is 10.5 Å². The normalized spacial score (nSPS) is 10.7. The number of hydrogen-bond acceptors (Lipinski definition) is 4. The minimum atomic E-state index is -1.09. The van der Waals surface area contributed by atoms with Crippen molar-refractivity contribution in [2.75, 3.05) is 5.43 Å². The van der Waals surface area contributed by atoms with Gasteiger partial charge < -0.3 is 9.84 Å². The molecule has 3 aromatic rings. The van der Waals surface area contributed by atoms with Gasteiger partial charge in [0.1, 0.15) is 12.4 Å². The molecule has 0 saturated carbocycles. The van der Waals surface area contributed by atoms with Crippen LogP contribution in [0.2, 0.25) is 5.02 Å². The minimum absolute atomic E-state index is 0.0215. The van der Waals surface area contributed by atoms with Crippen molar-refractivity contribution in [2.24, 2.45) is 5.10 Å². The molecule has 0 aliphatic carbocycles. The molecule has 0 aliphatic heterocycles. The van der Waals surface area contributed by atoms with Crippen molar-refractivity contribution in [2.45, 2.75) is 6.61 Å². The molecule has 6 heteroatoms. The maximum atomic E-state index is 11.1. The fourth-order valence-electron chi connectivity index (χ4n) is 2.37. The molecule has 136 valence electrons. The van der Waals surface area contributed by atoms with Crippen LogP contribution in [0.3, 0.4) is 0 Å². The Hall–Kier alpha value is -3.31. The Morgan fingerprint density at radius 2 is 1.89 bits per heavy atom. The number of ether oxygens (including phenoxy) is 1. The molecule has 0 bridgehead atoms. The van der Waals surface area contributed by atoms with Crippen molar-refractivity contribution in [3.63, 3.8) is 0 Å². The molecule has 0 unspecified atom stereocenters. The smallest absolute Gasteiger partial charge is 0.337 e. The van der Waals surface area contributed by atoms with E-state index in [0.717, 1.165) is 16.9 Å². The first kappa shape index (κ1) is 18.5. The van der Waals surface area contributed by atoms with Gasteiger partial charge >= 0.3 is 5.97 Å². The molecular weight excluding hydrogens is 364 g/mol. The van der Waals surface area contributed by atoms with E-state index >= 15 is 0 Å². The first-order valence-electron chi connectivity index (χ1n) is 8.20. The highest BCUT2D eigenvalue weighted by Gasteiger charge is 2.08. The maximum Gasteiger partial charge on any atom is 0.337 e. The first-order valence-corrected chi connectivity index (χ1v) is 8.58. The summed E-state index contributed by atoms with van der Waals surface area (Å²) in [5.41, 5.74) is 5.29. The van der Waals surface area contributed by atoms with E-state index in [-0.39, 0.29) is 10.6 Å². The van der Waals surface area contributed by atoms with Gasteiger partial charge in [-0.25, -0.2) is 4.79 Å². The third-order valence-electron chi connectivity index (χ3n) is 3.71. The van der Waals surface area contributed by atoms with Crippen molar-refractivity contribution < 1.29 is 14.6 Å². The third-order valence-corrected chi connectivity index (χ3v) is 4.04. The van der Waals surface area contributed by atoms with Gasteiger partial charge in [-0.15, -0.1) is 0 Å². The second-order valence-electron chi connectivity index (χ2n) is 5.72. The quantitative estimate of drug-likeness (QED) is 0.443. The summed E-state index contributed by atoms with van der Waals surface area (Å²) < 4.78 is 5.79. The van der Waals surface area contributed by atoms with Gasteiger partial charge in [-0.3, -0.25) is 5.43 Å². The van der Waals surface area contributed by atoms with E-state index in [4.69, 9.17) is 21.4 Å². The molecule has 0 atom stereocenters. The minimum Gasteiger partial charge on any atom is -0.489 e. The van der Waals surface area contributed by atoms with Crippen LogP contribution < -0.4 is 10.2 Å². The van der Waals surface area contributed by atoms with Crippen LogP contribution in [0.25, 0.3) is 0 Å². The third kappa shape index (κ3) is 5.33. The zero-order valence-electron chi connectivity index (χ0n) is 14.3. The standard InChI is InChI=1S/C21H17ClN2O3/c22-20-10-9-17(12-19(20)21(25)26)24-23-13-16-7-4-8-18(11-16)27-14-15-5-2-1-3-6-15/h1-13,24H,14H2,(H,25,26)/b23-13-. The number of carbonyl (C=O) groups is 1. The number of carboxylic acids is 1. The number of hydrazone groups is 1. The van der Waals surface area contributed by atoms with E-state index in [1.807, 2.05) is 54.6 Å². The van der Waals surface area contributed by atoms with Gasteiger partial charge in [0.25, 0.3) is 0 Å². The molecule has 0 fully saturated rings. The van der Waals surface area contributed by atoms with E-state index in [0.29, 0.717) is 12.3 Å². The van der Waals surface area contributed by atoms with Crippen molar-refractivity contribution in [3.8, 4) is 5.75 Å². The summed E-state index contributed by atoms with van der Waals surface area (Å²) in [5, 5.41) is 13.4. The number of anilines is 1. The number of carboxylic acid groups (broad SMARTS) is 1. The van der Waals surface area contributed by atoms with Crippen LogP contribution in [0, 0.1) is 0 Å². The van der Waals surface area contributed by atoms with Crippen molar-refractivity contribution in [3.05, 3.63) is 94.5 Å². The summed E-state index contributed by atoms with van der Waals surface area (Å²) in [7, 11) is 0. The predicted molar refractivity (Wildman–Crippen MR) is 107 cm³/mol. The van der Waals surface area contributed by atoms with Crippen LogP contribution in [0.5, 0.6) is 5.75 Å². The largest absolute Gasteiger partial charge is 0.489 e. The van der Waals surface area contributed by atoms with E-state index < -0.39 is 5.97 Å². The lowest BCUT2D eigenvalue weighted by molar-refractivity contribution is 0.0697. The highest BCUT2D eigenvalue weighted by Crippen LogP contribution is 2.20. The molecule has 0 radical (unpaired) electrons. The molecule has 0 aliphatic rings. The molecule has 2 N–H and O–H groups in total. The summed E-state index contributed by atoms with van der Waals surface area (Å²) in [4.78, 5) is 11.1. The van der Waals surface area contributed by atoms with Crippen molar-refractivity contribution >= 4 is 29.5 Å². The Kier molecular flexibility index (Phi) is 6.07. The van der Waals surface area contributed by atoms with Crippen LogP contribution in [-0.4, -0.2) is 17.3 Å². The van der Waals surface area contributed by atoms with Gasteiger partial charge in [0.05, 0.1) is 22.5 Å². The van der Waals surface area contributed by atoms with Crippen LogP contribution in [0.4, 0.5) is 5.69 Å². The summed E-state index contributed by atoms with van der Waals surface area (Å²) in [6.07, 6.45) is 1.63. The van der Waals surface area contributed by atoms with E-state index in [1.54, 1.807) is 12.3 Å². The summed E-state index contributed by atoms with van der Waals surface area (Å²) in [6, 6.07) is 22.1. The van der Waals surface area contributed by atoms with Gasteiger partial charge in [-0.05, 0) is 41.5 Å². The topological polar surface area (TPSA) is 70.9 Å². The molecule has 5 nitrogen and oxygen atoms in total. The molecule has 0 heterocycles. The van der Waals surface area contributed by atoms with Crippen LogP contribution in [0.1, 0.15) is 21.5 Å². The Balaban J connectivity index is 1.62. The number of halogens is 1. The number of rotatable bonds is 7. The average Bonchev–Trinajstić information content (AvgIpc) is 2.68. The highest BCUT2D eigenvalue weighted by atomic mass is 35.5. The molecule has 3 rings (SSSR count). The summed E-state index contributed by atoms with van der Waals surface area (Å²) in [6.45, 7) is 0.489. The zero-order valence-corrected chi connectivity index (χ0v) is 15.1. The molecular formula is C21H17ClN2O3. The van der Waals surface area contributed by atoms with E-state index in [9.17, 15) is 4.79 Å². The second kappa shape index (κ2) is 8.87. The number of hydrogen-bond donors (Lipinski definition) is 2. The maximum absolute atomic E-state index is 11.1. The molecule has 0 amide bonds. The van der Waals surface area contributed by atoms with Crippen LogP contribution in [0.15, 0.2) is 77.9 Å². The molecule has 3 aromatic carbocycles. The number of nitrogens with one attached hydrogen (secondary N) is 1. The Labute approximate surface area is 161 Å². The Bertz CT molecular complexity index is 959. The first-order chi connectivity index (χ1) is 13.1. The lowest BCUT2D eigenvalue weighted by Gasteiger charge is -2.07. The molecule has 0 aromatic heterocycles. The lowest BCUT2D eigenvalue weighted by atomic mass is 10.2. The SMILES string of the molecule is O=C(O)c1cc(N/N=C\c2cccc(OCc3ccccc3)c2)ccc1Cl. The monoisotopic (exact) mass is 380 g/mol. The van der Waals surface area contributed by atoms with Gasteiger partial charge in [0, 0.05) is 0 Å². The molecule has 0 spiro atoms. The molecule has 0 saturated heterocycles. The fraction of sp³-hybridized carbons (Fsp3) is 0.0476. The predicted octanol–water partition coefficient (Wildman–Crippen LogP) is 5.06. The van der Waals surface area contributed by atoms with Gasteiger partial charge in [-0.2, -0.15) is 5.10 Å². The Morgan fingerprint density at radius 3 is 2.67 bits per heavy atom. The number of nitrogens with zero attached hydrogens (tertiary/aromatic N) is 1. The van der Waals surface area contributed by atoms with Crippen molar-refractivity contribution in [1.29, 1.82) is 0 Å². The fourth-order valence-corrected chi connectivity index (χ4v) is 2.56. The second-order valence-corrected chi connectivity index (χ2v) is 6.12. The van der Waals surface area contributed by atoms with Gasteiger partial charge in [0.2, 0.25) is 0 Å². The zero-order chi connectivity index (χ0) is 19.1. The van der Waals surface area contributed by atoms with Crippen LogP contribution >= 0.6 is 11.6 Å². The van der Waals surface area contributed by atoms with Gasteiger partial charge in [-0.1, -0.05) is 54.1 Å². The average molecular weight is 381 g/mol. The van der Waals surface area contributed by atoms with E-state index in [1.165, 1.54) is 12.1 Å². The van der Waals surface area contributed by atoms with Crippen LogP contribution in [-0.2, 0) is 6.61 Å². The van der Waals surface area contributed by atoms with Crippen molar-refractivity contribution in [1.82, 2.24) is 0 Å². The summed E-state index contributed by atoms with van der Waals surface area (Å²) >= 11 is 5.85. The van der Waals surface area contributed by atoms with Gasteiger partial charge in [0.15, 0.2) is 0 Å². The summed E-state index contributed by atoms with van der Waals surface area (Å²) in [5.74, 6) is -0.349. The Morgan fingerprint density at radius 1 is 1.07 bits per heavy atom. The lowest BCUT2D eigenvalue weighted by Crippen LogP contribution is -1.99. The highest BCUT2D eigenvalue weighted by molar-refractivity contribution is 6.33. The number of aromatic carboxylic acids is 1.